The summed E-state index contributed by atoms with van der Waals surface area (Å²) >= 11 is 0. The largest absolute Gasteiger partial charge is 0.496 e. The third-order valence-corrected chi connectivity index (χ3v) is 4.64. The highest BCUT2D eigenvalue weighted by atomic mass is 16.6. The van der Waals surface area contributed by atoms with Crippen LogP contribution in [0.25, 0.3) is 10.8 Å². The smallest absolute Gasteiger partial charge is 0.333 e. The van der Waals surface area contributed by atoms with Crippen molar-refractivity contribution in [2.24, 2.45) is 0 Å². The van der Waals surface area contributed by atoms with Gasteiger partial charge in [0.25, 0.3) is 11.8 Å². The number of esters is 1. The molecule has 2 aromatic carbocycles. The lowest BCUT2D eigenvalue weighted by molar-refractivity contribution is -0.139. The Kier molecular flexibility index (Phi) is 5.59. The quantitative estimate of drug-likeness (QED) is 0.308. The Morgan fingerprint density at radius 3 is 2.10 bits per heavy atom. The predicted molar refractivity (Wildman–Crippen MR) is 107 cm³/mol. The van der Waals surface area contributed by atoms with E-state index >= 15 is 0 Å². The van der Waals surface area contributed by atoms with Crippen LogP contribution >= 0.6 is 0 Å². The van der Waals surface area contributed by atoms with Gasteiger partial charge in [-0.05, 0) is 45.0 Å². The molecule has 0 aromatic heterocycles. The number of ether oxygens (including phenoxy) is 3. The summed E-state index contributed by atoms with van der Waals surface area (Å²) in [5.74, 6) is -0.269. The molecule has 7 heteroatoms. The van der Waals surface area contributed by atoms with Gasteiger partial charge in [-0.25, -0.2) is 4.79 Å². The van der Waals surface area contributed by atoms with Crippen LogP contribution in [0.1, 0.15) is 41.5 Å². The standard InChI is InChI=1S/C22H23NO6/c1-12(2)22(26)29-11-10-28-17-9-7-15-18-14(6-8-16(27-5)19(17)18)20(24)23(13(3)4)21(15)25/h6-9,13H,1,10-11H2,2-5H3. The van der Waals surface area contributed by atoms with E-state index < -0.39 is 5.97 Å². The van der Waals surface area contributed by atoms with E-state index in [0.29, 0.717) is 39.0 Å². The molecule has 0 saturated carbocycles. The molecule has 0 N–H and O–H groups in total. The van der Waals surface area contributed by atoms with E-state index in [1.807, 2.05) is 0 Å². The van der Waals surface area contributed by atoms with Crippen molar-refractivity contribution in [3.63, 3.8) is 0 Å². The molecule has 0 spiro atoms. The maximum Gasteiger partial charge on any atom is 0.333 e. The molecule has 0 atom stereocenters. The monoisotopic (exact) mass is 397 g/mol. The number of imide groups is 1. The maximum absolute atomic E-state index is 12.9. The number of rotatable bonds is 7. The van der Waals surface area contributed by atoms with Gasteiger partial charge in [-0.15, -0.1) is 0 Å². The summed E-state index contributed by atoms with van der Waals surface area (Å²) in [7, 11) is 1.51. The fraction of sp³-hybridized carbons (Fsp3) is 0.318. The van der Waals surface area contributed by atoms with Crippen molar-refractivity contribution >= 4 is 28.6 Å². The number of hydrogen-bond donors (Lipinski definition) is 0. The van der Waals surface area contributed by atoms with Crippen molar-refractivity contribution in [2.75, 3.05) is 20.3 Å². The zero-order valence-corrected chi connectivity index (χ0v) is 16.9. The second-order valence-electron chi connectivity index (χ2n) is 7.02. The lowest BCUT2D eigenvalue weighted by Crippen LogP contribution is -2.44. The fourth-order valence-electron chi connectivity index (χ4n) is 3.31. The minimum Gasteiger partial charge on any atom is -0.496 e. The van der Waals surface area contributed by atoms with Gasteiger partial charge in [0.15, 0.2) is 0 Å². The molecule has 0 bridgehead atoms. The Morgan fingerprint density at radius 2 is 1.59 bits per heavy atom. The van der Waals surface area contributed by atoms with Gasteiger partial charge >= 0.3 is 5.97 Å². The topological polar surface area (TPSA) is 82.1 Å². The number of hydrogen-bond acceptors (Lipinski definition) is 6. The van der Waals surface area contributed by atoms with Gasteiger partial charge in [0, 0.05) is 28.1 Å². The minimum atomic E-state index is -0.493. The van der Waals surface area contributed by atoms with Crippen LogP contribution in [0, 0.1) is 0 Å². The first-order valence-corrected chi connectivity index (χ1v) is 9.25. The van der Waals surface area contributed by atoms with E-state index in [4.69, 9.17) is 14.2 Å². The SMILES string of the molecule is C=C(C)C(=O)OCCOc1ccc2c3c(ccc(OC)c13)C(=O)N(C(C)C)C2=O. The maximum atomic E-state index is 12.9. The average molecular weight is 397 g/mol. The van der Waals surface area contributed by atoms with Crippen LogP contribution in [-0.4, -0.2) is 49.0 Å². The molecule has 7 nitrogen and oxygen atoms in total. The Morgan fingerprint density at radius 1 is 1.00 bits per heavy atom. The molecular formula is C22H23NO6. The Hall–Kier alpha value is -3.35. The van der Waals surface area contributed by atoms with Crippen LogP contribution < -0.4 is 9.47 Å². The van der Waals surface area contributed by atoms with Crippen LogP contribution in [0.4, 0.5) is 0 Å². The predicted octanol–water partition coefficient (Wildman–Crippen LogP) is 3.35. The highest BCUT2D eigenvalue weighted by molar-refractivity contribution is 6.27. The number of benzene rings is 2. The molecule has 29 heavy (non-hydrogen) atoms. The number of methoxy groups -OCH3 is 1. The molecule has 2 aromatic rings. The number of carbonyl (C=O) groups is 3. The van der Waals surface area contributed by atoms with Gasteiger partial charge in [-0.2, -0.15) is 0 Å². The molecule has 0 aliphatic carbocycles. The van der Waals surface area contributed by atoms with Crippen molar-refractivity contribution < 1.29 is 28.6 Å². The molecule has 0 saturated heterocycles. The number of amides is 2. The van der Waals surface area contributed by atoms with E-state index in [2.05, 4.69) is 6.58 Å². The molecule has 0 unspecified atom stereocenters. The van der Waals surface area contributed by atoms with E-state index in [9.17, 15) is 14.4 Å². The lowest BCUT2D eigenvalue weighted by Gasteiger charge is -2.30. The Labute approximate surface area is 168 Å². The van der Waals surface area contributed by atoms with E-state index in [0.717, 1.165) is 0 Å². The summed E-state index contributed by atoms with van der Waals surface area (Å²) in [6, 6.07) is 6.38. The van der Waals surface area contributed by atoms with Crippen LogP contribution in [0.2, 0.25) is 0 Å². The molecule has 1 heterocycles. The zero-order valence-electron chi connectivity index (χ0n) is 16.9. The molecule has 152 valence electrons. The van der Waals surface area contributed by atoms with Crippen molar-refractivity contribution in [2.45, 2.75) is 26.8 Å². The van der Waals surface area contributed by atoms with Crippen molar-refractivity contribution in [1.82, 2.24) is 4.90 Å². The second kappa shape index (κ2) is 7.95. The first kappa shape index (κ1) is 20.4. The number of carbonyl (C=O) groups excluding carboxylic acids is 3. The summed E-state index contributed by atoms with van der Waals surface area (Å²) in [5.41, 5.74) is 1.14. The van der Waals surface area contributed by atoms with Gasteiger partial charge in [-0.1, -0.05) is 6.58 Å². The third kappa shape index (κ3) is 3.55. The first-order valence-electron chi connectivity index (χ1n) is 9.25. The summed E-state index contributed by atoms with van der Waals surface area (Å²) in [5, 5.41) is 1.05. The normalized spacial score (nSPS) is 13.1. The van der Waals surface area contributed by atoms with Crippen LogP contribution in [-0.2, 0) is 9.53 Å². The van der Waals surface area contributed by atoms with E-state index in [1.54, 1.807) is 45.0 Å². The second-order valence-corrected chi connectivity index (χ2v) is 7.02. The third-order valence-electron chi connectivity index (χ3n) is 4.64. The minimum absolute atomic E-state index is 0.0376. The Balaban J connectivity index is 2.01. The fourth-order valence-corrected chi connectivity index (χ4v) is 3.31. The highest BCUT2D eigenvalue weighted by Crippen LogP contribution is 2.41. The molecular weight excluding hydrogens is 374 g/mol. The van der Waals surface area contributed by atoms with Crippen LogP contribution in [0.5, 0.6) is 11.5 Å². The van der Waals surface area contributed by atoms with Crippen molar-refractivity contribution in [1.29, 1.82) is 0 Å². The van der Waals surface area contributed by atoms with Crippen LogP contribution in [0.15, 0.2) is 36.4 Å². The van der Waals surface area contributed by atoms with Gasteiger partial charge in [0.2, 0.25) is 0 Å². The highest BCUT2D eigenvalue weighted by Gasteiger charge is 2.35. The summed E-state index contributed by atoms with van der Waals surface area (Å²) < 4.78 is 16.3. The summed E-state index contributed by atoms with van der Waals surface area (Å²) in [6.07, 6.45) is 0. The molecule has 0 radical (unpaired) electrons. The molecule has 1 aliphatic heterocycles. The summed E-state index contributed by atoms with van der Waals surface area (Å²) in [4.78, 5) is 38.6. The lowest BCUT2D eigenvalue weighted by atomic mass is 9.92. The molecule has 2 amide bonds. The first-order chi connectivity index (χ1) is 13.8. The molecule has 1 aliphatic rings. The van der Waals surface area contributed by atoms with Gasteiger partial charge in [0.1, 0.15) is 24.7 Å². The Bertz CT molecular complexity index is 1000. The van der Waals surface area contributed by atoms with E-state index in [-0.39, 0.29) is 31.1 Å². The zero-order chi connectivity index (χ0) is 21.3. The molecule has 3 rings (SSSR count). The van der Waals surface area contributed by atoms with Crippen LogP contribution in [0.3, 0.4) is 0 Å². The average Bonchev–Trinajstić information content (AvgIpc) is 2.68. The van der Waals surface area contributed by atoms with Gasteiger partial charge in [0.05, 0.1) is 12.5 Å². The van der Waals surface area contributed by atoms with Gasteiger partial charge < -0.3 is 14.2 Å². The van der Waals surface area contributed by atoms with Gasteiger partial charge in [-0.3, -0.25) is 14.5 Å². The summed E-state index contributed by atoms with van der Waals surface area (Å²) in [6.45, 7) is 8.82. The number of nitrogens with zero attached hydrogens (tertiary/aromatic N) is 1. The van der Waals surface area contributed by atoms with E-state index in [1.165, 1.54) is 12.0 Å². The van der Waals surface area contributed by atoms with Crippen molar-refractivity contribution in [3.8, 4) is 11.5 Å². The molecule has 0 fully saturated rings. The van der Waals surface area contributed by atoms with Crippen molar-refractivity contribution in [3.05, 3.63) is 47.5 Å².